The Morgan fingerprint density at radius 1 is 1.19 bits per heavy atom. The molecule has 0 aromatic rings. The maximum absolute atomic E-state index is 12.1. The summed E-state index contributed by atoms with van der Waals surface area (Å²) in [4.78, 5) is 14.0. The van der Waals surface area contributed by atoms with Gasteiger partial charge < -0.3 is 10.0 Å². The number of carbonyl (C=O) groups is 1. The van der Waals surface area contributed by atoms with E-state index in [2.05, 4.69) is 0 Å². The van der Waals surface area contributed by atoms with E-state index in [9.17, 15) is 9.90 Å². The van der Waals surface area contributed by atoms with E-state index in [1.165, 1.54) is 6.42 Å². The van der Waals surface area contributed by atoms with E-state index >= 15 is 0 Å². The summed E-state index contributed by atoms with van der Waals surface area (Å²) >= 11 is 0. The zero-order valence-electron chi connectivity index (χ0n) is 9.93. The summed E-state index contributed by atoms with van der Waals surface area (Å²) < 4.78 is 0. The molecular weight excluding hydrogens is 202 g/mol. The van der Waals surface area contributed by atoms with Crippen LogP contribution in [0.1, 0.15) is 32.1 Å². The summed E-state index contributed by atoms with van der Waals surface area (Å²) in [6.45, 7) is 0.849. The molecule has 0 saturated heterocycles. The Balaban J connectivity index is 1.46. The first-order chi connectivity index (χ1) is 7.63. The first-order valence-corrected chi connectivity index (χ1v) is 6.56. The lowest BCUT2D eigenvalue weighted by atomic mass is 9.82. The number of hydrogen-bond donors (Lipinski definition) is 1. The van der Waals surface area contributed by atoms with Gasteiger partial charge in [0.15, 0.2) is 0 Å². The Kier molecular flexibility index (Phi) is 2.46. The molecule has 0 aromatic carbocycles. The number of amides is 1. The molecule has 3 fully saturated rings. The molecule has 2 atom stereocenters. The third-order valence-electron chi connectivity index (χ3n) is 4.71. The van der Waals surface area contributed by atoms with Crippen molar-refractivity contribution in [2.24, 2.45) is 23.7 Å². The average Bonchev–Trinajstić information content (AvgIpc) is 2.82. The Morgan fingerprint density at radius 2 is 1.81 bits per heavy atom. The first-order valence-electron chi connectivity index (χ1n) is 6.56. The van der Waals surface area contributed by atoms with Crippen LogP contribution in [0.3, 0.4) is 0 Å². The number of hydrogen-bond acceptors (Lipinski definition) is 2. The number of aliphatic hydroxyl groups is 1. The van der Waals surface area contributed by atoms with Gasteiger partial charge in [-0.2, -0.15) is 0 Å². The molecule has 3 aliphatic rings. The fraction of sp³-hybridized carbons (Fsp3) is 0.923. The van der Waals surface area contributed by atoms with Gasteiger partial charge in [-0.25, -0.2) is 0 Å². The molecule has 3 saturated carbocycles. The van der Waals surface area contributed by atoms with Gasteiger partial charge in [-0.15, -0.1) is 0 Å². The van der Waals surface area contributed by atoms with Crippen molar-refractivity contribution in [3.8, 4) is 0 Å². The second kappa shape index (κ2) is 3.73. The van der Waals surface area contributed by atoms with Crippen molar-refractivity contribution in [3.05, 3.63) is 0 Å². The Labute approximate surface area is 96.8 Å². The second-order valence-electron chi connectivity index (χ2n) is 6.13. The van der Waals surface area contributed by atoms with Crippen LogP contribution in [0.15, 0.2) is 0 Å². The molecule has 3 aliphatic carbocycles. The van der Waals surface area contributed by atoms with Crippen LogP contribution in [0.2, 0.25) is 0 Å². The highest BCUT2D eigenvalue weighted by molar-refractivity contribution is 5.79. The maximum Gasteiger partial charge on any atom is 0.225 e. The molecule has 0 aliphatic heterocycles. The minimum atomic E-state index is -0.104. The summed E-state index contributed by atoms with van der Waals surface area (Å²) in [6.07, 6.45) is 5.32. The Morgan fingerprint density at radius 3 is 2.38 bits per heavy atom. The highest BCUT2D eigenvalue weighted by Crippen LogP contribution is 2.54. The molecule has 1 amide bonds. The van der Waals surface area contributed by atoms with E-state index in [1.807, 2.05) is 11.9 Å². The zero-order chi connectivity index (χ0) is 11.3. The van der Waals surface area contributed by atoms with Crippen LogP contribution in [0.5, 0.6) is 0 Å². The van der Waals surface area contributed by atoms with E-state index in [4.69, 9.17) is 0 Å². The van der Waals surface area contributed by atoms with Gasteiger partial charge >= 0.3 is 0 Å². The molecule has 0 bridgehead atoms. The first kappa shape index (κ1) is 10.6. The summed E-state index contributed by atoms with van der Waals surface area (Å²) in [5, 5.41) is 9.22. The minimum absolute atomic E-state index is 0.104. The SMILES string of the molecule is CN(CC1CC(O)C1)C(=O)C1CC2CC2C1. The van der Waals surface area contributed by atoms with Gasteiger partial charge in [0.2, 0.25) is 5.91 Å². The molecule has 3 nitrogen and oxygen atoms in total. The number of aliphatic hydroxyl groups excluding tert-OH is 1. The van der Waals surface area contributed by atoms with Crippen molar-refractivity contribution in [3.63, 3.8) is 0 Å². The minimum Gasteiger partial charge on any atom is -0.393 e. The van der Waals surface area contributed by atoms with Gasteiger partial charge in [-0.1, -0.05) is 0 Å². The van der Waals surface area contributed by atoms with Gasteiger partial charge in [-0.05, 0) is 49.9 Å². The third-order valence-corrected chi connectivity index (χ3v) is 4.71. The predicted molar refractivity (Wildman–Crippen MR) is 60.7 cm³/mol. The number of fused-ring (bicyclic) bond motifs is 1. The highest BCUT2D eigenvalue weighted by Gasteiger charge is 2.48. The largest absolute Gasteiger partial charge is 0.393 e. The number of nitrogens with zero attached hydrogens (tertiary/aromatic N) is 1. The highest BCUT2D eigenvalue weighted by atomic mass is 16.3. The van der Waals surface area contributed by atoms with E-state index in [1.54, 1.807) is 0 Å². The van der Waals surface area contributed by atoms with Crippen molar-refractivity contribution in [1.29, 1.82) is 0 Å². The van der Waals surface area contributed by atoms with Gasteiger partial charge in [0.05, 0.1) is 6.10 Å². The van der Waals surface area contributed by atoms with Crippen molar-refractivity contribution >= 4 is 5.91 Å². The average molecular weight is 223 g/mol. The second-order valence-corrected chi connectivity index (χ2v) is 6.13. The van der Waals surface area contributed by atoms with Crippen molar-refractivity contribution in [1.82, 2.24) is 4.90 Å². The van der Waals surface area contributed by atoms with E-state index in [0.29, 0.717) is 17.7 Å². The summed E-state index contributed by atoms with van der Waals surface area (Å²) in [7, 11) is 1.93. The molecule has 16 heavy (non-hydrogen) atoms. The molecule has 0 radical (unpaired) electrons. The topological polar surface area (TPSA) is 40.5 Å². The van der Waals surface area contributed by atoms with Gasteiger partial charge in [0.25, 0.3) is 0 Å². The standard InChI is InChI=1S/C13H21NO2/c1-14(7-8-2-12(15)3-8)13(16)11-5-9-4-10(9)6-11/h8-12,15H,2-7H2,1H3. The molecule has 1 N–H and O–H groups in total. The number of carbonyl (C=O) groups excluding carboxylic acids is 1. The summed E-state index contributed by atoms with van der Waals surface area (Å²) in [5.41, 5.74) is 0. The number of rotatable bonds is 3. The van der Waals surface area contributed by atoms with Crippen LogP contribution in [-0.2, 0) is 4.79 Å². The Bertz CT molecular complexity index is 288. The van der Waals surface area contributed by atoms with Crippen LogP contribution in [0.4, 0.5) is 0 Å². The van der Waals surface area contributed by atoms with Crippen LogP contribution in [-0.4, -0.2) is 35.6 Å². The molecule has 0 aromatic heterocycles. The molecule has 2 unspecified atom stereocenters. The predicted octanol–water partition coefficient (Wildman–Crippen LogP) is 1.26. The smallest absolute Gasteiger partial charge is 0.225 e. The van der Waals surface area contributed by atoms with E-state index < -0.39 is 0 Å². The van der Waals surface area contributed by atoms with Crippen LogP contribution in [0.25, 0.3) is 0 Å². The zero-order valence-corrected chi connectivity index (χ0v) is 9.93. The molecule has 0 heterocycles. The fourth-order valence-corrected chi connectivity index (χ4v) is 3.55. The lowest BCUT2D eigenvalue weighted by Crippen LogP contribution is -2.41. The van der Waals surface area contributed by atoms with Crippen LogP contribution < -0.4 is 0 Å². The monoisotopic (exact) mass is 223 g/mol. The van der Waals surface area contributed by atoms with Crippen molar-refractivity contribution in [2.75, 3.05) is 13.6 Å². The molecular formula is C13H21NO2. The lowest BCUT2D eigenvalue weighted by Gasteiger charge is -2.35. The Hall–Kier alpha value is -0.570. The van der Waals surface area contributed by atoms with Gasteiger partial charge in [-0.3, -0.25) is 4.79 Å². The molecule has 0 spiro atoms. The lowest BCUT2D eigenvalue weighted by molar-refractivity contribution is -0.136. The van der Waals surface area contributed by atoms with Crippen molar-refractivity contribution in [2.45, 2.75) is 38.2 Å². The van der Waals surface area contributed by atoms with Crippen LogP contribution >= 0.6 is 0 Å². The van der Waals surface area contributed by atoms with Gasteiger partial charge in [0.1, 0.15) is 0 Å². The summed E-state index contributed by atoms with van der Waals surface area (Å²) in [5.74, 6) is 2.98. The molecule has 90 valence electrons. The summed E-state index contributed by atoms with van der Waals surface area (Å²) in [6, 6.07) is 0. The fourth-order valence-electron chi connectivity index (χ4n) is 3.55. The normalized spacial score (nSPS) is 44.8. The maximum atomic E-state index is 12.1. The van der Waals surface area contributed by atoms with Crippen LogP contribution in [0, 0.1) is 23.7 Å². The van der Waals surface area contributed by atoms with E-state index in [-0.39, 0.29) is 6.10 Å². The molecule has 3 heteroatoms. The van der Waals surface area contributed by atoms with E-state index in [0.717, 1.165) is 44.1 Å². The van der Waals surface area contributed by atoms with Gasteiger partial charge in [0, 0.05) is 19.5 Å². The quantitative estimate of drug-likeness (QED) is 0.782. The third kappa shape index (κ3) is 1.86. The van der Waals surface area contributed by atoms with Crippen molar-refractivity contribution < 1.29 is 9.90 Å². The molecule has 3 rings (SSSR count).